The third kappa shape index (κ3) is 11.8. The van der Waals surface area contributed by atoms with E-state index in [0.717, 1.165) is 60.5 Å². The van der Waals surface area contributed by atoms with Crippen LogP contribution in [-0.2, 0) is 0 Å². The molecule has 0 radical (unpaired) electrons. The standard InChI is InChI=1S/C30H50O2/c1-9-27-21-30(32-20-18-26(8)16-12-14-24(5)6)28(10-2)22-29(27)31-19-17-25(7)15-11-13-23(3)4/h9-10,21-26H,1-2,11-20H2,3-8H3. The Kier molecular flexibility index (Phi) is 14.2. The van der Waals surface area contributed by atoms with Crippen molar-refractivity contribution in [3.63, 3.8) is 0 Å². The Morgan fingerprint density at radius 1 is 0.625 bits per heavy atom. The zero-order chi connectivity index (χ0) is 23.9. The summed E-state index contributed by atoms with van der Waals surface area (Å²) in [7, 11) is 0. The van der Waals surface area contributed by atoms with Crippen LogP contribution in [0.4, 0.5) is 0 Å². The lowest BCUT2D eigenvalue weighted by atomic mass is 9.97. The SMILES string of the molecule is C=Cc1cc(OCCC(C)CCCC(C)C)c(C=C)cc1OCCC(C)CCCC(C)C. The van der Waals surface area contributed by atoms with Crippen LogP contribution in [-0.4, -0.2) is 13.2 Å². The summed E-state index contributed by atoms with van der Waals surface area (Å²) in [5, 5.41) is 0. The van der Waals surface area contributed by atoms with Crippen molar-refractivity contribution >= 4 is 12.2 Å². The number of hydrogen-bond donors (Lipinski definition) is 0. The average molecular weight is 443 g/mol. The molecule has 2 heteroatoms. The Morgan fingerprint density at radius 3 is 1.31 bits per heavy atom. The Labute approximate surface area is 199 Å². The summed E-state index contributed by atoms with van der Waals surface area (Å²) < 4.78 is 12.3. The zero-order valence-electron chi connectivity index (χ0n) is 21.9. The minimum atomic E-state index is 0.685. The second-order valence-electron chi connectivity index (χ2n) is 10.5. The van der Waals surface area contributed by atoms with Gasteiger partial charge in [0.05, 0.1) is 13.2 Å². The van der Waals surface area contributed by atoms with Crippen molar-refractivity contribution in [1.29, 1.82) is 0 Å². The fourth-order valence-electron chi connectivity index (χ4n) is 3.94. The maximum Gasteiger partial charge on any atom is 0.127 e. The van der Waals surface area contributed by atoms with Crippen LogP contribution < -0.4 is 9.47 Å². The fourth-order valence-corrected chi connectivity index (χ4v) is 3.94. The van der Waals surface area contributed by atoms with E-state index in [9.17, 15) is 0 Å². The van der Waals surface area contributed by atoms with Gasteiger partial charge in [-0.05, 0) is 48.6 Å². The van der Waals surface area contributed by atoms with E-state index in [1.54, 1.807) is 0 Å². The highest BCUT2D eigenvalue weighted by Crippen LogP contribution is 2.31. The van der Waals surface area contributed by atoms with E-state index in [4.69, 9.17) is 9.47 Å². The van der Waals surface area contributed by atoms with Crippen molar-refractivity contribution in [3.05, 3.63) is 36.4 Å². The molecular formula is C30H50O2. The quantitative estimate of drug-likeness (QED) is 0.225. The normalized spacial score (nSPS) is 13.2. The molecule has 0 N–H and O–H groups in total. The second-order valence-corrected chi connectivity index (χ2v) is 10.5. The van der Waals surface area contributed by atoms with Crippen molar-refractivity contribution in [1.82, 2.24) is 0 Å². The molecule has 1 rings (SSSR count). The molecule has 182 valence electrons. The van der Waals surface area contributed by atoms with Crippen molar-refractivity contribution in [2.45, 2.75) is 92.9 Å². The average Bonchev–Trinajstić information content (AvgIpc) is 2.73. The Hall–Kier alpha value is -1.70. The molecule has 1 aromatic rings. The molecule has 1 aromatic carbocycles. The van der Waals surface area contributed by atoms with E-state index in [0.29, 0.717) is 11.8 Å². The van der Waals surface area contributed by atoms with E-state index in [2.05, 4.69) is 66.8 Å². The van der Waals surface area contributed by atoms with Crippen molar-refractivity contribution in [3.8, 4) is 11.5 Å². The Bertz CT molecular complexity index is 601. The van der Waals surface area contributed by atoms with Gasteiger partial charge in [0, 0.05) is 11.1 Å². The molecule has 0 fully saturated rings. The molecule has 2 atom stereocenters. The van der Waals surface area contributed by atoms with Gasteiger partial charge in [-0.25, -0.2) is 0 Å². The van der Waals surface area contributed by atoms with Crippen molar-refractivity contribution in [2.24, 2.45) is 23.7 Å². The zero-order valence-corrected chi connectivity index (χ0v) is 21.9. The van der Waals surface area contributed by atoms with Gasteiger partial charge in [0.1, 0.15) is 11.5 Å². The lowest BCUT2D eigenvalue weighted by molar-refractivity contribution is 0.268. The third-order valence-corrected chi connectivity index (χ3v) is 6.28. The predicted molar refractivity (Wildman–Crippen MR) is 143 cm³/mol. The first-order valence-corrected chi connectivity index (χ1v) is 12.9. The molecular weight excluding hydrogens is 392 g/mol. The van der Waals surface area contributed by atoms with Gasteiger partial charge in [0.2, 0.25) is 0 Å². The maximum absolute atomic E-state index is 6.16. The van der Waals surface area contributed by atoms with Gasteiger partial charge < -0.3 is 9.47 Å². The maximum atomic E-state index is 6.16. The largest absolute Gasteiger partial charge is 0.493 e. The Morgan fingerprint density at radius 2 is 1.00 bits per heavy atom. The summed E-state index contributed by atoms with van der Waals surface area (Å²) in [5.41, 5.74) is 1.98. The van der Waals surface area contributed by atoms with Gasteiger partial charge in [-0.2, -0.15) is 0 Å². The summed E-state index contributed by atoms with van der Waals surface area (Å²) in [6, 6.07) is 4.10. The van der Waals surface area contributed by atoms with Crippen LogP contribution in [0.25, 0.3) is 12.2 Å². The van der Waals surface area contributed by atoms with Crippen LogP contribution in [0, 0.1) is 23.7 Å². The highest BCUT2D eigenvalue weighted by atomic mass is 16.5. The van der Waals surface area contributed by atoms with E-state index in [1.807, 2.05) is 12.2 Å². The highest BCUT2D eigenvalue weighted by molar-refractivity contribution is 5.66. The monoisotopic (exact) mass is 442 g/mol. The molecule has 0 saturated carbocycles. The molecule has 0 bridgehead atoms. The Balaban J connectivity index is 2.57. The summed E-state index contributed by atoms with van der Waals surface area (Å²) in [6.07, 6.45) is 13.6. The lowest BCUT2D eigenvalue weighted by Crippen LogP contribution is -2.07. The summed E-state index contributed by atoms with van der Waals surface area (Å²) >= 11 is 0. The molecule has 0 aliphatic rings. The molecule has 0 saturated heterocycles. The van der Waals surface area contributed by atoms with E-state index >= 15 is 0 Å². The molecule has 0 amide bonds. The van der Waals surface area contributed by atoms with Crippen molar-refractivity contribution < 1.29 is 9.47 Å². The smallest absolute Gasteiger partial charge is 0.127 e. The van der Waals surface area contributed by atoms with Crippen molar-refractivity contribution in [2.75, 3.05) is 13.2 Å². The van der Waals surface area contributed by atoms with Gasteiger partial charge >= 0.3 is 0 Å². The lowest BCUT2D eigenvalue weighted by Gasteiger charge is -2.17. The number of ether oxygens (including phenoxy) is 2. The van der Waals surface area contributed by atoms with Crippen LogP contribution in [0.5, 0.6) is 11.5 Å². The second kappa shape index (κ2) is 16.0. The molecule has 2 nitrogen and oxygen atoms in total. The van der Waals surface area contributed by atoms with Crippen LogP contribution in [0.3, 0.4) is 0 Å². The molecule has 0 aliphatic carbocycles. The minimum Gasteiger partial charge on any atom is -0.493 e. The highest BCUT2D eigenvalue weighted by Gasteiger charge is 2.11. The first-order valence-electron chi connectivity index (χ1n) is 12.9. The number of hydrogen-bond acceptors (Lipinski definition) is 2. The van der Waals surface area contributed by atoms with Crippen LogP contribution >= 0.6 is 0 Å². The molecule has 0 heterocycles. The van der Waals surface area contributed by atoms with Crippen LogP contribution in [0.15, 0.2) is 25.3 Å². The molecule has 2 unspecified atom stereocenters. The molecule has 0 spiro atoms. The van der Waals surface area contributed by atoms with Gasteiger partial charge in [0.25, 0.3) is 0 Å². The number of benzene rings is 1. The summed E-state index contributed by atoms with van der Waals surface area (Å²) in [6.45, 7) is 23.3. The minimum absolute atomic E-state index is 0.685. The molecule has 0 aliphatic heterocycles. The van der Waals surface area contributed by atoms with E-state index in [1.165, 1.54) is 38.5 Å². The van der Waals surface area contributed by atoms with E-state index in [-0.39, 0.29) is 0 Å². The topological polar surface area (TPSA) is 18.5 Å². The van der Waals surface area contributed by atoms with Crippen LogP contribution in [0.1, 0.15) is 104 Å². The predicted octanol–water partition coefficient (Wildman–Crippen LogP) is 9.44. The first-order chi connectivity index (χ1) is 15.3. The van der Waals surface area contributed by atoms with Gasteiger partial charge in [-0.3, -0.25) is 0 Å². The first kappa shape index (κ1) is 28.3. The van der Waals surface area contributed by atoms with Gasteiger partial charge in [-0.1, -0.05) is 105 Å². The van der Waals surface area contributed by atoms with E-state index < -0.39 is 0 Å². The fraction of sp³-hybridized carbons (Fsp3) is 0.667. The molecule has 0 aromatic heterocycles. The summed E-state index contributed by atoms with van der Waals surface area (Å²) in [4.78, 5) is 0. The summed E-state index contributed by atoms with van der Waals surface area (Å²) in [5.74, 6) is 4.70. The van der Waals surface area contributed by atoms with Gasteiger partial charge in [0.15, 0.2) is 0 Å². The third-order valence-electron chi connectivity index (χ3n) is 6.28. The van der Waals surface area contributed by atoms with Crippen LogP contribution in [0.2, 0.25) is 0 Å². The van der Waals surface area contributed by atoms with Gasteiger partial charge in [-0.15, -0.1) is 0 Å². The molecule has 32 heavy (non-hydrogen) atoms. The number of rotatable bonds is 18.